The standard InChI is InChI=1S/C22H21N5O/c1-13-6-7-24-18(8-13)17-11-25-19-9-14(2-4-16(17)19)22(28)26-20-10-15-3-5-21(20)27(15)12-23/h2,4,6-9,11,15,20-21,25H,3,5,10H2,1H3,(H,26,28)/t15-,20+,21+/m0/s1. The first kappa shape index (κ1) is 16.8. The van der Waals surface area contributed by atoms with Crippen LogP contribution in [0.4, 0.5) is 0 Å². The largest absolute Gasteiger partial charge is 0.360 e. The van der Waals surface area contributed by atoms with Crippen LogP contribution in [0.25, 0.3) is 22.2 Å². The smallest absolute Gasteiger partial charge is 0.251 e. The van der Waals surface area contributed by atoms with Crippen molar-refractivity contribution in [2.24, 2.45) is 0 Å². The Balaban J connectivity index is 1.39. The Morgan fingerprint density at radius 2 is 2.21 bits per heavy atom. The van der Waals surface area contributed by atoms with E-state index in [1.807, 2.05) is 48.5 Å². The molecule has 2 bridgehead atoms. The summed E-state index contributed by atoms with van der Waals surface area (Å²) < 4.78 is 0. The number of hydrogen-bond donors (Lipinski definition) is 2. The highest BCUT2D eigenvalue weighted by atomic mass is 16.1. The Hall–Kier alpha value is -3.33. The van der Waals surface area contributed by atoms with Gasteiger partial charge in [-0.25, -0.2) is 0 Å². The zero-order valence-electron chi connectivity index (χ0n) is 15.6. The first-order valence-electron chi connectivity index (χ1n) is 9.67. The van der Waals surface area contributed by atoms with Gasteiger partial charge in [0.25, 0.3) is 5.91 Å². The molecule has 6 nitrogen and oxygen atoms in total. The van der Waals surface area contributed by atoms with Gasteiger partial charge in [0.2, 0.25) is 0 Å². The van der Waals surface area contributed by atoms with Gasteiger partial charge in [-0.1, -0.05) is 6.07 Å². The predicted molar refractivity (Wildman–Crippen MR) is 106 cm³/mol. The Morgan fingerprint density at radius 3 is 3.00 bits per heavy atom. The van der Waals surface area contributed by atoms with Crippen molar-refractivity contribution < 1.29 is 4.79 Å². The van der Waals surface area contributed by atoms with E-state index in [-0.39, 0.29) is 24.0 Å². The maximum atomic E-state index is 12.8. The lowest BCUT2D eigenvalue weighted by atomic mass is 9.95. The molecule has 2 saturated heterocycles. The summed E-state index contributed by atoms with van der Waals surface area (Å²) in [6.07, 6.45) is 8.92. The van der Waals surface area contributed by atoms with Crippen molar-refractivity contribution in [3.8, 4) is 17.5 Å². The van der Waals surface area contributed by atoms with Gasteiger partial charge in [-0.2, -0.15) is 5.26 Å². The summed E-state index contributed by atoms with van der Waals surface area (Å²) >= 11 is 0. The monoisotopic (exact) mass is 371 g/mol. The molecule has 140 valence electrons. The minimum Gasteiger partial charge on any atom is -0.360 e. The maximum absolute atomic E-state index is 12.8. The fraction of sp³-hybridized carbons (Fsp3) is 0.318. The fourth-order valence-corrected chi connectivity index (χ4v) is 4.71. The number of hydrogen-bond acceptors (Lipinski definition) is 4. The summed E-state index contributed by atoms with van der Waals surface area (Å²) in [5.74, 6) is -0.0813. The molecule has 0 aliphatic carbocycles. The molecule has 4 heterocycles. The molecular weight excluding hydrogens is 350 g/mol. The molecule has 3 atom stereocenters. The van der Waals surface area contributed by atoms with Crippen LogP contribution in [0.3, 0.4) is 0 Å². The van der Waals surface area contributed by atoms with E-state index in [1.165, 1.54) is 0 Å². The van der Waals surface area contributed by atoms with Crippen LogP contribution in [0.15, 0.2) is 42.7 Å². The second-order valence-corrected chi connectivity index (χ2v) is 7.80. The minimum absolute atomic E-state index is 0.0530. The quantitative estimate of drug-likeness (QED) is 0.692. The number of carbonyl (C=O) groups is 1. The van der Waals surface area contributed by atoms with E-state index in [0.29, 0.717) is 5.56 Å². The third-order valence-corrected chi connectivity index (χ3v) is 6.10. The van der Waals surface area contributed by atoms with Crippen molar-refractivity contribution in [2.45, 2.75) is 44.3 Å². The van der Waals surface area contributed by atoms with Crippen molar-refractivity contribution in [3.63, 3.8) is 0 Å². The molecule has 0 saturated carbocycles. The number of rotatable bonds is 3. The van der Waals surface area contributed by atoms with Crippen LogP contribution in [-0.4, -0.2) is 38.9 Å². The van der Waals surface area contributed by atoms with Crippen LogP contribution < -0.4 is 5.32 Å². The van der Waals surface area contributed by atoms with Gasteiger partial charge in [-0.05, 0) is 56.0 Å². The Kier molecular flexibility index (Phi) is 3.83. The number of carbonyl (C=O) groups excluding carboxylic acids is 1. The molecule has 6 heteroatoms. The predicted octanol–water partition coefficient (Wildman–Crippen LogP) is 3.35. The van der Waals surface area contributed by atoms with E-state index in [4.69, 9.17) is 0 Å². The van der Waals surface area contributed by atoms with E-state index >= 15 is 0 Å². The molecular formula is C22H21N5O. The van der Waals surface area contributed by atoms with Crippen LogP contribution in [0.5, 0.6) is 0 Å². The molecule has 2 N–H and O–H groups in total. The molecule has 0 spiro atoms. The van der Waals surface area contributed by atoms with Crippen LogP contribution in [-0.2, 0) is 0 Å². The number of aromatic nitrogens is 2. The van der Waals surface area contributed by atoms with Gasteiger partial charge in [0.05, 0.1) is 17.8 Å². The van der Waals surface area contributed by atoms with Gasteiger partial charge >= 0.3 is 0 Å². The highest BCUT2D eigenvalue weighted by Gasteiger charge is 2.46. The molecule has 2 aliphatic heterocycles. The number of benzene rings is 1. The second-order valence-electron chi connectivity index (χ2n) is 7.80. The molecule has 0 unspecified atom stereocenters. The second kappa shape index (κ2) is 6.38. The summed E-state index contributed by atoms with van der Waals surface area (Å²) in [6.45, 7) is 2.05. The Labute approximate surface area is 163 Å². The van der Waals surface area contributed by atoms with Crippen LogP contribution in [0.2, 0.25) is 0 Å². The van der Waals surface area contributed by atoms with Gasteiger partial charge in [0, 0.05) is 40.5 Å². The van der Waals surface area contributed by atoms with Gasteiger partial charge in [0.1, 0.15) is 0 Å². The number of nitrogens with zero attached hydrogens (tertiary/aromatic N) is 3. The average Bonchev–Trinajstić information content (AvgIpc) is 3.39. The summed E-state index contributed by atoms with van der Waals surface area (Å²) in [4.78, 5) is 22.4. The first-order valence-corrected chi connectivity index (χ1v) is 9.67. The molecule has 2 aromatic heterocycles. The zero-order valence-corrected chi connectivity index (χ0v) is 15.6. The molecule has 1 aromatic carbocycles. The lowest BCUT2D eigenvalue weighted by molar-refractivity contribution is 0.0928. The molecule has 3 aromatic rings. The topological polar surface area (TPSA) is 84.8 Å². The molecule has 1 amide bonds. The lowest BCUT2D eigenvalue weighted by Gasteiger charge is -2.21. The number of aromatic amines is 1. The van der Waals surface area contributed by atoms with E-state index in [2.05, 4.69) is 27.5 Å². The van der Waals surface area contributed by atoms with Crippen molar-refractivity contribution in [1.29, 1.82) is 5.26 Å². The van der Waals surface area contributed by atoms with Crippen molar-refractivity contribution in [3.05, 3.63) is 53.9 Å². The minimum atomic E-state index is -0.0813. The van der Waals surface area contributed by atoms with E-state index in [9.17, 15) is 10.1 Å². The van der Waals surface area contributed by atoms with Gasteiger partial charge in [0.15, 0.2) is 6.19 Å². The lowest BCUT2D eigenvalue weighted by Crippen LogP contribution is -2.43. The molecule has 2 aliphatic rings. The fourth-order valence-electron chi connectivity index (χ4n) is 4.71. The number of nitrogens with one attached hydrogen (secondary N) is 2. The number of aryl methyl sites for hydroxylation is 1. The van der Waals surface area contributed by atoms with E-state index in [0.717, 1.165) is 47.0 Å². The SMILES string of the molecule is Cc1ccnc(-c2c[nH]c3cc(C(=O)N[C@@H]4C[C@@H]5CC[C@H]4N5C#N)ccc23)c1. The Morgan fingerprint density at radius 1 is 1.32 bits per heavy atom. The van der Waals surface area contributed by atoms with E-state index in [1.54, 1.807) is 0 Å². The van der Waals surface area contributed by atoms with Crippen LogP contribution >= 0.6 is 0 Å². The van der Waals surface area contributed by atoms with Crippen LogP contribution in [0, 0.1) is 18.4 Å². The molecule has 0 radical (unpaired) electrons. The third-order valence-electron chi connectivity index (χ3n) is 6.10. The van der Waals surface area contributed by atoms with E-state index < -0.39 is 0 Å². The van der Waals surface area contributed by atoms with Gasteiger partial charge in [-0.15, -0.1) is 0 Å². The number of fused-ring (bicyclic) bond motifs is 3. The van der Waals surface area contributed by atoms with Gasteiger partial charge in [-0.3, -0.25) is 9.78 Å². The summed E-state index contributed by atoms with van der Waals surface area (Å²) in [5.41, 5.74) is 4.65. The maximum Gasteiger partial charge on any atom is 0.251 e. The number of nitriles is 1. The van der Waals surface area contributed by atoms with Crippen LogP contribution in [0.1, 0.15) is 35.2 Å². The number of amides is 1. The average molecular weight is 371 g/mol. The highest BCUT2D eigenvalue weighted by molar-refractivity contribution is 6.01. The van der Waals surface area contributed by atoms with Gasteiger partial charge < -0.3 is 15.2 Å². The molecule has 5 rings (SSSR count). The zero-order chi connectivity index (χ0) is 19.3. The number of pyridine rings is 1. The first-order chi connectivity index (χ1) is 13.6. The van der Waals surface area contributed by atoms with Crippen molar-refractivity contribution >= 4 is 16.8 Å². The number of H-pyrrole nitrogens is 1. The normalized spacial score (nSPS) is 23.1. The third kappa shape index (κ3) is 2.63. The molecule has 2 fully saturated rings. The summed E-state index contributed by atoms with van der Waals surface area (Å²) in [7, 11) is 0. The van der Waals surface area contributed by atoms with Crippen molar-refractivity contribution in [2.75, 3.05) is 0 Å². The summed E-state index contributed by atoms with van der Waals surface area (Å²) in [6, 6.07) is 10.2. The van der Waals surface area contributed by atoms with Crippen molar-refractivity contribution in [1.82, 2.24) is 20.2 Å². The molecule has 28 heavy (non-hydrogen) atoms. The summed E-state index contributed by atoms with van der Waals surface area (Å²) in [5, 5.41) is 13.5. The highest BCUT2D eigenvalue weighted by Crippen LogP contribution is 2.37. The Bertz CT molecular complexity index is 1110.